The Morgan fingerprint density at radius 2 is 1.86 bits per heavy atom. The van der Waals surface area contributed by atoms with Crippen LogP contribution < -0.4 is 9.47 Å². The first-order valence-corrected chi connectivity index (χ1v) is 10.6. The predicted octanol–water partition coefficient (Wildman–Crippen LogP) is 2.60. The number of fused-ring (bicyclic) bond motifs is 5. The quantitative estimate of drug-likeness (QED) is 0.801. The number of piperidine rings is 1. The van der Waals surface area contributed by atoms with Gasteiger partial charge in [0.1, 0.15) is 0 Å². The number of hydrogen-bond donors (Lipinski definition) is 0. The second kappa shape index (κ2) is 7.30. The molecule has 0 spiro atoms. The highest BCUT2D eigenvalue weighted by Gasteiger charge is 2.40. The molecule has 4 heterocycles. The zero-order valence-corrected chi connectivity index (χ0v) is 16.3. The molecule has 4 aliphatic heterocycles. The monoisotopic (exact) mass is 384 g/mol. The number of amides is 2. The average molecular weight is 384 g/mol. The molecule has 5 aliphatic rings. The molecule has 2 bridgehead atoms. The van der Waals surface area contributed by atoms with Crippen molar-refractivity contribution in [1.29, 1.82) is 0 Å². The van der Waals surface area contributed by atoms with Gasteiger partial charge in [0.2, 0.25) is 18.6 Å². The van der Waals surface area contributed by atoms with E-state index in [0.717, 1.165) is 62.4 Å². The van der Waals surface area contributed by atoms with Crippen LogP contribution >= 0.6 is 0 Å². The van der Waals surface area contributed by atoms with E-state index in [4.69, 9.17) is 9.47 Å². The van der Waals surface area contributed by atoms with Crippen molar-refractivity contribution in [2.45, 2.75) is 51.0 Å². The van der Waals surface area contributed by atoms with Gasteiger partial charge in [0, 0.05) is 38.0 Å². The number of hydrogen-bond acceptors (Lipinski definition) is 4. The highest BCUT2D eigenvalue weighted by atomic mass is 16.7. The number of aryl methyl sites for hydroxylation is 1. The van der Waals surface area contributed by atoms with Gasteiger partial charge in [-0.25, -0.2) is 0 Å². The van der Waals surface area contributed by atoms with Crippen molar-refractivity contribution in [1.82, 2.24) is 9.80 Å². The Morgan fingerprint density at radius 1 is 1.00 bits per heavy atom. The Balaban J connectivity index is 1.21. The van der Waals surface area contributed by atoms with Gasteiger partial charge in [-0.2, -0.15) is 0 Å². The molecule has 6 heteroatoms. The van der Waals surface area contributed by atoms with E-state index in [0.29, 0.717) is 24.7 Å². The molecular weight excluding hydrogens is 356 g/mol. The fourth-order valence-electron chi connectivity index (χ4n) is 4.97. The molecule has 1 aromatic carbocycles. The van der Waals surface area contributed by atoms with Gasteiger partial charge < -0.3 is 19.3 Å². The number of ether oxygens (including phenoxy) is 2. The van der Waals surface area contributed by atoms with E-state index < -0.39 is 0 Å². The summed E-state index contributed by atoms with van der Waals surface area (Å²) in [6.07, 6.45) is 6.63. The van der Waals surface area contributed by atoms with Gasteiger partial charge in [-0.05, 0) is 55.7 Å². The maximum atomic E-state index is 13.0. The number of nitrogens with zero attached hydrogens (tertiary/aromatic N) is 2. The molecule has 2 atom stereocenters. The summed E-state index contributed by atoms with van der Waals surface area (Å²) in [6, 6.07) is 6.09. The van der Waals surface area contributed by atoms with Crippen molar-refractivity contribution in [3.8, 4) is 11.5 Å². The summed E-state index contributed by atoms with van der Waals surface area (Å²) in [7, 11) is 0. The Labute approximate surface area is 165 Å². The van der Waals surface area contributed by atoms with Crippen LogP contribution in [0.3, 0.4) is 0 Å². The summed E-state index contributed by atoms with van der Waals surface area (Å²) in [6.45, 7) is 2.63. The molecule has 2 amide bonds. The summed E-state index contributed by atoms with van der Waals surface area (Å²) in [5.41, 5.74) is 1.10. The fraction of sp³-hybridized carbons (Fsp3) is 0.636. The summed E-state index contributed by atoms with van der Waals surface area (Å²) < 4.78 is 10.8. The van der Waals surface area contributed by atoms with Gasteiger partial charge in [-0.1, -0.05) is 12.5 Å². The van der Waals surface area contributed by atoms with Crippen molar-refractivity contribution in [3.05, 3.63) is 23.8 Å². The van der Waals surface area contributed by atoms with Gasteiger partial charge in [0.25, 0.3) is 0 Å². The maximum Gasteiger partial charge on any atom is 0.231 e. The van der Waals surface area contributed by atoms with Crippen LogP contribution in [0.4, 0.5) is 0 Å². The van der Waals surface area contributed by atoms with E-state index in [-0.39, 0.29) is 24.7 Å². The SMILES string of the molecule is O=C(C1CCC1)N1C[C@H]2CC[C@@H](C1)N(C(=O)CCc1ccc3c(c1)OCO3)C2. The lowest BCUT2D eigenvalue weighted by Gasteiger charge is -2.36. The van der Waals surface area contributed by atoms with Crippen LogP contribution in [0.25, 0.3) is 0 Å². The molecule has 150 valence electrons. The Hall–Kier alpha value is -2.24. The normalized spacial score (nSPS) is 26.1. The first kappa shape index (κ1) is 17.8. The van der Waals surface area contributed by atoms with Crippen LogP contribution in [-0.4, -0.2) is 54.1 Å². The van der Waals surface area contributed by atoms with Crippen molar-refractivity contribution >= 4 is 11.8 Å². The van der Waals surface area contributed by atoms with Crippen LogP contribution in [0.1, 0.15) is 44.1 Å². The molecule has 3 saturated heterocycles. The molecule has 0 radical (unpaired) electrons. The first-order valence-electron chi connectivity index (χ1n) is 10.6. The van der Waals surface area contributed by atoms with Gasteiger partial charge in [-0.15, -0.1) is 0 Å². The van der Waals surface area contributed by atoms with E-state index in [9.17, 15) is 9.59 Å². The second-order valence-electron chi connectivity index (χ2n) is 8.70. The molecule has 4 fully saturated rings. The van der Waals surface area contributed by atoms with Gasteiger partial charge >= 0.3 is 0 Å². The maximum absolute atomic E-state index is 13.0. The summed E-state index contributed by atoms with van der Waals surface area (Å²) in [5.74, 6) is 2.76. The topological polar surface area (TPSA) is 59.1 Å². The molecule has 6 nitrogen and oxygen atoms in total. The Bertz CT molecular complexity index is 776. The lowest BCUT2D eigenvalue weighted by Crippen LogP contribution is -2.48. The summed E-state index contributed by atoms with van der Waals surface area (Å²) in [4.78, 5) is 29.9. The lowest BCUT2D eigenvalue weighted by molar-refractivity contribution is -0.140. The van der Waals surface area contributed by atoms with Crippen LogP contribution in [0, 0.1) is 11.8 Å². The van der Waals surface area contributed by atoms with Crippen LogP contribution in [0.5, 0.6) is 11.5 Å². The molecule has 0 N–H and O–H groups in total. The predicted molar refractivity (Wildman–Crippen MR) is 103 cm³/mol. The number of carbonyl (C=O) groups excluding carboxylic acids is 2. The van der Waals surface area contributed by atoms with Crippen LogP contribution in [0.15, 0.2) is 18.2 Å². The van der Waals surface area contributed by atoms with E-state index in [1.807, 2.05) is 18.2 Å². The second-order valence-corrected chi connectivity index (χ2v) is 8.70. The van der Waals surface area contributed by atoms with Crippen molar-refractivity contribution in [3.63, 3.8) is 0 Å². The van der Waals surface area contributed by atoms with E-state index in [1.165, 1.54) is 6.42 Å². The average Bonchev–Trinajstić information content (AvgIpc) is 2.92. The molecule has 1 aliphatic carbocycles. The molecule has 28 heavy (non-hydrogen) atoms. The fourth-order valence-corrected chi connectivity index (χ4v) is 4.97. The molecule has 0 unspecified atom stereocenters. The number of rotatable bonds is 4. The van der Waals surface area contributed by atoms with Crippen LogP contribution in [-0.2, 0) is 16.0 Å². The minimum absolute atomic E-state index is 0.187. The molecular formula is C22H28N2O4. The van der Waals surface area contributed by atoms with Gasteiger partial charge in [0.15, 0.2) is 11.5 Å². The first-order chi connectivity index (χ1) is 13.7. The summed E-state index contributed by atoms with van der Waals surface area (Å²) >= 11 is 0. The highest BCUT2D eigenvalue weighted by Crippen LogP contribution is 2.34. The minimum Gasteiger partial charge on any atom is -0.454 e. The molecule has 1 aromatic rings. The Morgan fingerprint density at radius 3 is 2.68 bits per heavy atom. The van der Waals surface area contributed by atoms with Gasteiger partial charge in [0.05, 0.1) is 0 Å². The smallest absolute Gasteiger partial charge is 0.231 e. The molecule has 0 aromatic heterocycles. The van der Waals surface area contributed by atoms with Crippen LogP contribution in [0.2, 0.25) is 0 Å². The third-order valence-electron chi connectivity index (χ3n) is 6.86. The minimum atomic E-state index is 0.187. The standard InChI is InChI=1S/C22H28N2O4/c25-21(9-6-15-5-8-19-20(10-15)28-14-27-19)24-12-16-4-7-18(24)13-23(11-16)22(26)17-2-1-3-17/h5,8,10,16-18H,1-4,6-7,9,11-14H2/t16-,18+/m1/s1. The molecule has 6 rings (SSSR count). The molecule has 1 saturated carbocycles. The van der Waals surface area contributed by atoms with Crippen molar-refractivity contribution in [2.24, 2.45) is 11.8 Å². The zero-order chi connectivity index (χ0) is 19.1. The third-order valence-corrected chi connectivity index (χ3v) is 6.86. The Kier molecular flexibility index (Phi) is 4.65. The number of benzene rings is 1. The van der Waals surface area contributed by atoms with Gasteiger partial charge in [-0.3, -0.25) is 9.59 Å². The highest BCUT2D eigenvalue weighted by molar-refractivity contribution is 5.80. The van der Waals surface area contributed by atoms with Crippen molar-refractivity contribution in [2.75, 3.05) is 26.4 Å². The summed E-state index contributed by atoms with van der Waals surface area (Å²) in [5, 5.41) is 0. The van der Waals surface area contributed by atoms with E-state index >= 15 is 0 Å². The van der Waals surface area contributed by atoms with Crippen molar-refractivity contribution < 1.29 is 19.1 Å². The zero-order valence-electron chi connectivity index (χ0n) is 16.3. The largest absolute Gasteiger partial charge is 0.454 e. The van der Waals surface area contributed by atoms with E-state index in [2.05, 4.69) is 9.80 Å². The lowest BCUT2D eigenvalue weighted by atomic mass is 9.84. The third kappa shape index (κ3) is 3.33. The van der Waals surface area contributed by atoms with E-state index in [1.54, 1.807) is 0 Å². The number of carbonyl (C=O) groups is 2.